The fraction of sp³-hybridized carbons (Fsp3) is 0.0714. The minimum absolute atomic E-state index is 0.0359. The summed E-state index contributed by atoms with van der Waals surface area (Å²) in [4.78, 5) is 3.95. The number of rotatable bonds is 3. The molecule has 0 fully saturated rings. The van der Waals surface area contributed by atoms with Gasteiger partial charge in [-0.1, -0.05) is 18.2 Å². The van der Waals surface area contributed by atoms with Crippen molar-refractivity contribution >= 4 is 27.2 Å². The van der Waals surface area contributed by atoms with Gasteiger partial charge in [0.05, 0.1) is 11.2 Å². The summed E-state index contributed by atoms with van der Waals surface area (Å²) in [6, 6.07) is 9.91. The minimum atomic E-state index is -1.22. The molecule has 0 saturated heterocycles. The Balaban J connectivity index is 1.90. The number of benzene rings is 2. The van der Waals surface area contributed by atoms with E-state index >= 15 is 0 Å². The van der Waals surface area contributed by atoms with E-state index in [-0.39, 0.29) is 10.2 Å². The number of fused-ring (bicyclic) bond motifs is 1. The van der Waals surface area contributed by atoms with E-state index in [2.05, 4.69) is 10.3 Å². The fourth-order valence-corrected chi connectivity index (χ4v) is 2.74. The Morgan fingerprint density at radius 3 is 2.55 bits per heavy atom. The molecule has 20 heavy (non-hydrogen) atoms. The number of nitrogens with zero attached hydrogens (tertiary/aromatic N) is 1. The predicted molar refractivity (Wildman–Crippen MR) is 73.3 cm³/mol. The number of halogens is 3. The first kappa shape index (κ1) is 12.9. The molecule has 0 bridgehead atoms. The SMILES string of the molecule is Fc1cc(F)c2sc(CNc3ccccc3)nc2c1F. The van der Waals surface area contributed by atoms with Crippen LogP contribution in [0.25, 0.3) is 10.2 Å². The fourth-order valence-electron chi connectivity index (χ4n) is 1.84. The van der Waals surface area contributed by atoms with Crippen LogP contribution in [0.1, 0.15) is 5.01 Å². The number of hydrogen-bond donors (Lipinski definition) is 1. The molecule has 0 aliphatic heterocycles. The Morgan fingerprint density at radius 2 is 1.80 bits per heavy atom. The van der Waals surface area contributed by atoms with E-state index < -0.39 is 17.5 Å². The maximum atomic E-state index is 13.5. The molecule has 0 saturated carbocycles. The molecule has 6 heteroatoms. The van der Waals surface area contributed by atoms with E-state index in [4.69, 9.17) is 0 Å². The highest BCUT2D eigenvalue weighted by molar-refractivity contribution is 7.18. The van der Waals surface area contributed by atoms with Gasteiger partial charge in [-0.25, -0.2) is 18.2 Å². The molecule has 2 nitrogen and oxygen atoms in total. The van der Waals surface area contributed by atoms with E-state index in [1.54, 1.807) is 0 Å². The average molecular weight is 294 g/mol. The van der Waals surface area contributed by atoms with Crippen molar-refractivity contribution in [3.63, 3.8) is 0 Å². The molecule has 1 N–H and O–H groups in total. The number of anilines is 1. The van der Waals surface area contributed by atoms with Gasteiger partial charge in [0.2, 0.25) is 0 Å². The standard InChI is InChI=1S/C14H9F3N2S/c15-9-6-10(16)14-13(12(9)17)19-11(20-14)7-18-8-4-2-1-3-5-8/h1-6,18H,7H2. The highest BCUT2D eigenvalue weighted by Gasteiger charge is 2.17. The van der Waals surface area contributed by atoms with Gasteiger partial charge >= 0.3 is 0 Å². The second-order valence-corrected chi connectivity index (χ2v) is 5.24. The second kappa shape index (κ2) is 5.13. The number of aromatic nitrogens is 1. The van der Waals surface area contributed by atoms with Crippen molar-refractivity contribution in [1.82, 2.24) is 4.98 Å². The molecule has 0 spiro atoms. The van der Waals surface area contributed by atoms with Gasteiger partial charge in [0, 0.05) is 11.8 Å². The summed E-state index contributed by atoms with van der Waals surface area (Å²) in [5, 5.41) is 3.58. The second-order valence-electron chi connectivity index (χ2n) is 4.16. The first-order chi connectivity index (χ1) is 9.65. The summed E-state index contributed by atoms with van der Waals surface area (Å²) < 4.78 is 40.2. The van der Waals surface area contributed by atoms with Crippen molar-refractivity contribution in [3.05, 3.63) is 58.9 Å². The number of hydrogen-bond acceptors (Lipinski definition) is 3. The maximum Gasteiger partial charge on any atom is 0.186 e. The lowest BCUT2D eigenvalue weighted by atomic mass is 10.3. The van der Waals surface area contributed by atoms with E-state index in [1.165, 1.54) is 0 Å². The van der Waals surface area contributed by atoms with E-state index in [0.29, 0.717) is 17.6 Å². The zero-order valence-corrected chi connectivity index (χ0v) is 11.0. The van der Waals surface area contributed by atoms with Gasteiger partial charge in [-0.2, -0.15) is 0 Å². The van der Waals surface area contributed by atoms with Crippen LogP contribution in [-0.2, 0) is 6.54 Å². The summed E-state index contributed by atoms with van der Waals surface area (Å²) >= 11 is 1.01. The third-order valence-corrected chi connectivity index (χ3v) is 3.84. The van der Waals surface area contributed by atoms with Gasteiger partial charge in [-0.3, -0.25) is 0 Å². The Hall–Kier alpha value is -2.08. The smallest absolute Gasteiger partial charge is 0.186 e. The highest BCUT2D eigenvalue weighted by atomic mass is 32.1. The van der Waals surface area contributed by atoms with E-state index in [1.807, 2.05) is 30.3 Å². The molecular weight excluding hydrogens is 285 g/mol. The quantitative estimate of drug-likeness (QED) is 0.727. The topological polar surface area (TPSA) is 24.9 Å². The van der Waals surface area contributed by atoms with Gasteiger partial charge in [-0.05, 0) is 12.1 Å². The van der Waals surface area contributed by atoms with Crippen molar-refractivity contribution < 1.29 is 13.2 Å². The summed E-state index contributed by atoms with van der Waals surface area (Å²) in [5.41, 5.74) is 0.622. The first-order valence-corrected chi connectivity index (χ1v) is 6.68. The summed E-state index contributed by atoms with van der Waals surface area (Å²) in [6.07, 6.45) is 0. The van der Waals surface area contributed by atoms with Crippen molar-refractivity contribution in [2.45, 2.75) is 6.54 Å². The molecule has 3 rings (SSSR count). The molecule has 2 aromatic carbocycles. The maximum absolute atomic E-state index is 13.5. The minimum Gasteiger partial charge on any atom is -0.379 e. The first-order valence-electron chi connectivity index (χ1n) is 5.87. The van der Waals surface area contributed by atoms with Crippen LogP contribution >= 0.6 is 11.3 Å². The molecule has 1 aromatic heterocycles. The van der Waals surface area contributed by atoms with Crippen LogP contribution < -0.4 is 5.32 Å². The molecule has 0 aliphatic rings. The van der Waals surface area contributed by atoms with Crippen molar-refractivity contribution in [1.29, 1.82) is 0 Å². The van der Waals surface area contributed by atoms with Crippen LogP contribution in [-0.4, -0.2) is 4.98 Å². The molecule has 0 atom stereocenters. The van der Waals surface area contributed by atoms with Gasteiger partial charge in [0.15, 0.2) is 11.6 Å². The normalized spacial score (nSPS) is 10.9. The van der Waals surface area contributed by atoms with Crippen LogP contribution in [0.15, 0.2) is 36.4 Å². The van der Waals surface area contributed by atoms with Crippen LogP contribution in [0.3, 0.4) is 0 Å². The number of thiazole rings is 1. The Bertz CT molecular complexity index is 756. The molecule has 0 radical (unpaired) electrons. The molecule has 0 unspecified atom stereocenters. The van der Waals surface area contributed by atoms with E-state index in [0.717, 1.165) is 17.0 Å². The summed E-state index contributed by atoms with van der Waals surface area (Å²) in [5.74, 6) is -3.12. The van der Waals surface area contributed by atoms with Crippen LogP contribution in [0.2, 0.25) is 0 Å². The third kappa shape index (κ3) is 2.34. The van der Waals surface area contributed by atoms with Gasteiger partial charge in [0.1, 0.15) is 16.3 Å². The lowest BCUT2D eigenvalue weighted by Gasteiger charge is -2.02. The van der Waals surface area contributed by atoms with Crippen LogP contribution in [0.5, 0.6) is 0 Å². The number of para-hydroxylation sites is 1. The lowest BCUT2D eigenvalue weighted by Crippen LogP contribution is -1.98. The lowest BCUT2D eigenvalue weighted by molar-refractivity contribution is 0.504. The van der Waals surface area contributed by atoms with Gasteiger partial charge in [-0.15, -0.1) is 11.3 Å². The highest BCUT2D eigenvalue weighted by Crippen LogP contribution is 2.29. The van der Waals surface area contributed by atoms with Crippen molar-refractivity contribution in [2.24, 2.45) is 0 Å². The van der Waals surface area contributed by atoms with E-state index in [9.17, 15) is 13.2 Å². The molecule has 1 heterocycles. The Morgan fingerprint density at radius 1 is 1.05 bits per heavy atom. The summed E-state index contributed by atoms with van der Waals surface area (Å²) in [7, 11) is 0. The molecule has 0 aliphatic carbocycles. The monoisotopic (exact) mass is 294 g/mol. The Labute approximate surface area is 116 Å². The van der Waals surface area contributed by atoms with Crippen LogP contribution in [0, 0.1) is 17.5 Å². The molecule has 0 amide bonds. The number of nitrogens with one attached hydrogen (secondary N) is 1. The third-order valence-electron chi connectivity index (χ3n) is 2.78. The predicted octanol–water partition coefficient (Wildman–Crippen LogP) is 4.33. The van der Waals surface area contributed by atoms with Gasteiger partial charge < -0.3 is 5.32 Å². The zero-order valence-electron chi connectivity index (χ0n) is 10.2. The Kier molecular flexibility index (Phi) is 3.31. The van der Waals surface area contributed by atoms with Crippen LogP contribution in [0.4, 0.5) is 18.9 Å². The molecule has 102 valence electrons. The zero-order chi connectivity index (χ0) is 14.1. The summed E-state index contributed by atoms with van der Waals surface area (Å²) in [6.45, 7) is 0.323. The largest absolute Gasteiger partial charge is 0.379 e. The van der Waals surface area contributed by atoms with Gasteiger partial charge in [0.25, 0.3) is 0 Å². The average Bonchev–Trinajstić information content (AvgIpc) is 2.89. The molecule has 3 aromatic rings. The van der Waals surface area contributed by atoms with Crippen molar-refractivity contribution in [2.75, 3.05) is 5.32 Å². The van der Waals surface area contributed by atoms with Crippen molar-refractivity contribution in [3.8, 4) is 0 Å². The molecular formula is C14H9F3N2S.